The first-order valence-corrected chi connectivity index (χ1v) is 8.22. The highest BCUT2D eigenvalue weighted by atomic mass is 32.2. The molecule has 0 radical (unpaired) electrons. The summed E-state index contributed by atoms with van der Waals surface area (Å²) in [6.45, 7) is 8.60. The van der Waals surface area contributed by atoms with Gasteiger partial charge in [0.25, 0.3) is 0 Å². The van der Waals surface area contributed by atoms with Crippen LogP contribution < -0.4 is 5.73 Å². The van der Waals surface area contributed by atoms with Gasteiger partial charge in [0.2, 0.25) is 0 Å². The molecular weight excluding hydrogens is 244 g/mol. The second-order valence-electron chi connectivity index (χ2n) is 6.47. The largest absolute Gasteiger partial charge is 0.377 e. The normalized spacial score (nSPS) is 40.3. The van der Waals surface area contributed by atoms with Crippen LogP contribution in [-0.4, -0.2) is 54.3 Å². The molecule has 2 aliphatic heterocycles. The van der Waals surface area contributed by atoms with E-state index in [0.717, 1.165) is 25.3 Å². The van der Waals surface area contributed by atoms with Crippen molar-refractivity contribution in [1.82, 2.24) is 4.90 Å². The molecule has 3 atom stereocenters. The van der Waals surface area contributed by atoms with Gasteiger partial charge in [0.1, 0.15) is 0 Å². The van der Waals surface area contributed by atoms with Crippen molar-refractivity contribution < 1.29 is 4.74 Å². The minimum atomic E-state index is 0.114. The van der Waals surface area contributed by atoms with Crippen molar-refractivity contribution in [3.05, 3.63) is 0 Å². The lowest BCUT2D eigenvalue weighted by atomic mass is 9.69. The van der Waals surface area contributed by atoms with Crippen LogP contribution in [0.25, 0.3) is 0 Å². The Hall–Kier alpha value is 0.230. The molecule has 0 bridgehead atoms. The van der Waals surface area contributed by atoms with Crippen LogP contribution in [0.3, 0.4) is 0 Å². The molecule has 3 nitrogen and oxygen atoms in total. The third kappa shape index (κ3) is 2.21. The van der Waals surface area contributed by atoms with Gasteiger partial charge in [-0.2, -0.15) is 11.8 Å². The Kier molecular flexibility index (Phi) is 4.32. The Labute approximate surface area is 116 Å². The lowest BCUT2D eigenvalue weighted by Crippen LogP contribution is -2.67. The maximum Gasteiger partial charge on any atom is 0.0703 e. The Morgan fingerprint density at radius 3 is 2.67 bits per heavy atom. The molecule has 0 aliphatic carbocycles. The van der Waals surface area contributed by atoms with Crippen LogP contribution in [0.5, 0.6) is 0 Å². The summed E-state index contributed by atoms with van der Waals surface area (Å²) in [5.74, 6) is 2.41. The van der Waals surface area contributed by atoms with Gasteiger partial charge in [0.15, 0.2) is 0 Å². The van der Waals surface area contributed by atoms with Gasteiger partial charge in [-0.05, 0) is 38.0 Å². The zero-order valence-electron chi connectivity index (χ0n) is 12.2. The van der Waals surface area contributed by atoms with Crippen LogP contribution in [-0.2, 0) is 4.74 Å². The standard InChI is InChI=1S/C14H28N2OS/c1-11-12(5-7-17-11)16(4)14(9-15)10-18-8-6-13(14,2)3/h11-12H,5-10,15H2,1-4H3. The van der Waals surface area contributed by atoms with Crippen molar-refractivity contribution in [2.24, 2.45) is 11.1 Å². The lowest BCUT2D eigenvalue weighted by Gasteiger charge is -2.56. The predicted octanol–water partition coefficient (Wildman–Crippen LogP) is 1.96. The van der Waals surface area contributed by atoms with E-state index in [1.807, 2.05) is 0 Å². The number of likely N-dealkylation sites (N-methyl/N-ethyl adjacent to an activating group) is 1. The zero-order chi connectivity index (χ0) is 13.4. The van der Waals surface area contributed by atoms with Gasteiger partial charge in [-0.3, -0.25) is 4.90 Å². The lowest BCUT2D eigenvalue weighted by molar-refractivity contribution is -0.0281. The number of rotatable bonds is 3. The maximum absolute atomic E-state index is 6.23. The number of nitrogens with two attached hydrogens (primary N) is 1. The molecule has 0 saturated carbocycles. The second-order valence-corrected chi connectivity index (χ2v) is 7.57. The molecule has 2 aliphatic rings. The quantitative estimate of drug-likeness (QED) is 0.852. The van der Waals surface area contributed by atoms with E-state index in [1.54, 1.807) is 0 Å². The summed E-state index contributed by atoms with van der Waals surface area (Å²) in [7, 11) is 2.26. The molecule has 106 valence electrons. The molecule has 2 N–H and O–H groups in total. The van der Waals surface area contributed by atoms with E-state index >= 15 is 0 Å². The highest BCUT2D eigenvalue weighted by Gasteiger charge is 2.51. The fourth-order valence-electron chi connectivity index (χ4n) is 3.60. The van der Waals surface area contributed by atoms with E-state index in [-0.39, 0.29) is 11.0 Å². The molecule has 2 fully saturated rings. The Balaban J connectivity index is 2.25. The minimum absolute atomic E-state index is 0.114. The summed E-state index contributed by atoms with van der Waals surface area (Å²) in [5, 5.41) is 0. The van der Waals surface area contributed by atoms with Crippen molar-refractivity contribution in [2.45, 2.75) is 51.3 Å². The molecule has 0 aromatic heterocycles. The van der Waals surface area contributed by atoms with Gasteiger partial charge in [-0.1, -0.05) is 13.8 Å². The molecule has 4 heteroatoms. The average molecular weight is 272 g/mol. The Bertz CT molecular complexity index is 298. The molecule has 3 unspecified atom stereocenters. The van der Waals surface area contributed by atoms with Gasteiger partial charge >= 0.3 is 0 Å². The van der Waals surface area contributed by atoms with Gasteiger partial charge in [-0.15, -0.1) is 0 Å². The van der Waals surface area contributed by atoms with E-state index in [0.29, 0.717) is 12.1 Å². The van der Waals surface area contributed by atoms with E-state index in [2.05, 4.69) is 44.5 Å². The molecule has 0 spiro atoms. The van der Waals surface area contributed by atoms with Gasteiger partial charge in [-0.25, -0.2) is 0 Å². The van der Waals surface area contributed by atoms with Crippen LogP contribution in [0, 0.1) is 5.41 Å². The molecule has 2 heterocycles. The van der Waals surface area contributed by atoms with E-state index < -0.39 is 0 Å². The van der Waals surface area contributed by atoms with Crippen LogP contribution >= 0.6 is 11.8 Å². The third-order valence-electron chi connectivity index (χ3n) is 5.32. The second kappa shape index (κ2) is 5.31. The number of thioether (sulfide) groups is 1. The summed E-state index contributed by atoms with van der Waals surface area (Å²) >= 11 is 2.05. The van der Waals surface area contributed by atoms with E-state index in [1.165, 1.54) is 12.2 Å². The highest BCUT2D eigenvalue weighted by Crippen LogP contribution is 2.46. The molecule has 0 amide bonds. The molecule has 2 saturated heterocycles. The van der Waals surface area contributed by atoms with Crippen molar-refractivity contribution in [1.29, 1.82) is 0 Å². The van der Waals surface area contributed by atoms with Crippen LogP contribution in [0.1, 0.15) is 33.6 Å². The first-order valence-electron chi connectivity index (χ1n) is 7.07. The zero-order valence-corrected chi connectivity index (χ0v) is 13.1. The topological polar surface area (TPSA) is 38.5 Å². The Morgan fingerprint density at radius 2 is 2.17 bits per heavy atom. The fraction of sp³-hybridized carbons (Fsp3) is 1.00. The van der Waals surface area contributed by atoms with Crippen LogP contribution in [0.4, 0.5) is 0 Å². The number of hydrogen-bond acceptors (Lipinski definition) is 4. The number of ether oxygens (including phenoxy) is 1. The fourth-order valence-corrected chi connectivity index (χ4v) is 5.45. The van der Waals surface area contributed by atoms with Crippen LogP contribution in [0.2, 0.25) is 0 Å². The predicted molar refractivity (Wildman–Crippen MR) is 79.1 cm³/mol. The van der Waals surface area contributed by atoms with Gasteiger partial charge in [0, 0.05) is 30.5 Å². The van der Waals surface area contributed by atoms with Crippen molar-refractivity contribution in [3.8, 4) is 0 Å². The summed E-state index contributed by atoms with van der Waals surface area (Å²) in [5.41, 5.74) is 6.63. The number of nitrogens with zero attached hydrogens (tertiary/aromatic N) is 1. The highest BCUT2D eigenvalue weighted by molar-refractivity contribution is 7.99. The molecule has 18 heavy (non-hydrogen) atoms. The summed E-state index contributed by atoms with van der Waals surface area (Å²) in [4.78, 5) is 2.55. The van der Waals surface area contributed by atoms with Gasteiger partial charge in [0.05, 0.1) is 6.10 Å². The molecule has 2 rings (SSSR count). The third-order valence-corrected chi connectivity index (χ3v) is 6.49. The first-order chi connectivity index (χ1) is 8.44. The van der Waals surface area contributed by atoms with Crippen molar-refractivity contribution >= 4 is 11.8 Å². The average Bonchev–Trinajstić information content (AvgIpc) is 2.74. The number of hydrogen-bond donors (Lipinski definition) is 1. The SMILES string of the molecule is CC1OCCC1N(C)C1(CN)CSCCC1(C)C. The molecular formula is C14H28N2OS. The maximum atomic E-state index is 6.23. The van der Waals surface area contributed by atoms with E-state index in [9.17, 15) is 0 Å². The summed E-state index contributed by atoms with van der Waals surface area (Å²) in [6, 6.07) is 0.520. The van der Waals surface area contributed by atoms with Crippen molar-refractivity contribution in [2.75, 3.05) is 31.7 Å². The monoisotopic (exact) mass is 272 g/mol. The summed E-state index contributed by atoms with van der Waals surface area (Å²) < 4.78 is 5.75. The van der Waals surface area contributed by atoms with Crippen LogP contribution in [0.15, 0.2) is 0 Å². The summed E-state index contributed by atoms with van der Waals surface area (Å²) in [6.07, 6.45) is 2.72. The van der Waals surface area contributed by atoms with Gasteiger partial charge < -0.3 is 10.5 Å². The first kappa shape index (κ1) is 14.6. The van der Waals surface area contributed by atoms with E-state index in [4.69, 9.17) is 10.5 Å². The molecule has 0 aromatic carbocycles. The Morgan fingerprint density at radius 1 is 1.44 bits per heavy atom. The smallest absolute Gasteiger partial charge is 0.0703 e. The molecule has 0 aromatic rings. The van der Waals surface area contributed by atoms with Crippen molar-refractivity contribution in [3.63, 3.8) is 0 Å². The minimum Gasteiger partial charge on any atom is -0.377 e.